The Kier molecular flexibility index (Phi) is 5.82. The molecule has 1 rings (SSSR count). The van der Waals surface area contributed by atoms with Gasteiger partial charge in [0.15, 0.2) is 0 Å². The second-order valence-electron chi connectivity index (χ2n) is 4.60. The molecule has 18 heavy (non-hydrogen) atoms. The Morgan fingerprint density at radius 3 is 1.72 bits per heavy atom. The van der Waals surface area contributed by atoms with Crippen molar-refractivity contribution < 1.29 is 23.9 Å². The molecule has 0 unspecified atom stereocenters. The van der Waals surface area contributed by atoms with E-state index in [1.165, 1.54) is 14.2 Å². The Hall–Kier alpha value is -1.39. The average Bonchev–Trinajstić information content (AvgIpc) is 2.74. The molecule has 0 radical (unpaired) electrons. The Bertz CT molecular complexity index is 293. The van der Waals surface area contributed by atoms with Crippen LogP contribution in [-0.4, -0.2) is 31.9 Å². The maximum Gasteiger partial charge on any atom is 0.305 e. The molecule has 0 amide bonds. The monoisotopic (exact) mass is 256 g/mol. The van der Waals surface area contributed by atoms with Crippen LogP contribution >= 0.6 is 0 Å². The van der Waals surface area contributed by atoms with E-state index in [9.17, 15) is 14.4 Å². The number of esters is 2. The number of carbonyl (C=O) groups excluding carboxylic acids is 3. The largest absolute Gasteiger partial charge is 0.469 e. The molecule has 0 heterocycles. The van der Waals surface area contributed by atoms with Crippen molar-refractivity contribution in [3.63, 3.8) is 0 Å². The van der Waals surface area contributed by atoms with Gasteiger partial charge in [0.05, 0.1) is 14.2 Å². The highest BCUT2D eigenvalue weighted by molar-refractivity contribution is 5.86. The standard InChI is InChI=1S/C13H20O5/c1-17-11(14)7-5-9-3-4-10(13(9)16)6-8-12(15)18-2/h9-10H,3-8H2,1-2H3/t9-,10-/m0/s1. The minimum atomic E-state index is -0.277. The predicted octanol–water partition coefficient (Wildman–Crippen LogP) is 1.49. The molecule has 0 N–H and O–H groups in total. The van der Waals surface area contributed by atoms with Crippen molar-refractivity contribution in [1.29, 1.82) is 0 Å². The van der Waals surface area contributed by atoms with Gasteiger partial charge in [-0.15, -0.1) is 0 Å². The lowest BCUT2D eigenvalue weighted by atomic mass is 9.95. The second kappa shape index (κ2) is 7.13. The third kappa shape index (κ3) is 4.13. The van der Waals surface area contributed by atoms with Crippen LogP contribution in [0.2, 0.25) is 0 Å². The molecule has 1 aliphatic carbocycles. The number of hydrogen-bond acceptors (Lipinski definition) is 5. The third-order valence-corrected chi connectivity index (χ3v) is 3.52. The highest BCUT2D eigenvalue weighted by Crippen LogP contribution is 2.33. The van der Waals surface area contributed by atoms with E-state index in [-0.39, 0.29) is 42.4 Å². The molecule has 2 atom stereocenters. The predicted molar refractivity (Wildman–Crippen MR) is 63.7 cm³/mol. The first kappa shape index (κ1) is 14.7. The number of rotatable bonds is 6. The van der Waals surface area contributed by atoms with Crippen LogP contribution in [0.25, 0.3) is 0 Å². The van der Waals surface area contributed by atoms with Gasteiger partial charge in [-0.3, -0.25) is 14.4 Å². The molecule has 102 valence electrons. The fraction of sp³-hybridized carbons (Fsp3) is 0.769. The zero-order chi connectivity index (χ0) is 13.5. The maximum atomic E-state index is 12.0. The van der Waals surface area contributed by atoms with Gasteiger partial charge < -0.3 is 9.47 Å². The summed E-state index contributed by atoms with van der Waals surface area (Å²) in [5.74, 6) is -0.470. The van der Waals surface area contributed by atoms with Crippen LogP contribution in [0.15, 0.2) is 0 Å². The number of ketones is 1. The lowest BCUT2D eigenvalue weighted by Gasteiger charge is -2.09. The second-order valence-corrected chi connectivity index (χ2v) is 4.60. The van der Waals surface area contributed by atoms with Crippen molar-refractivity contribution in [3.8, 4) is 0 Å². The molecule has 1 fully saturated rings. The number of methoxy groups -OCH3 is 2. The number of carbonyl (C=O) groups is 3. The summed E-state index contributed by atoms with van der Waals surface area (Å²) >= 11 is 0. The van der Waals surface area contributed by atoms with Crippen LogP contribution in [0, 0.1) is 11.8 Å². The Morgan fingerprint density at radius 1 is 1.00 bits per heavy atom. The zero-order valence-electron chi connectivity index (χ0n) is 10.9. The summed E-state index contributed by atoms with van der Waals surface area (Å²) in [5.41, 5.74) is 0. The van der Waals surface area contributed by atoms with Gasteiger partial charge in [-0.1, -0.05) is 0 Å². The van der Waals surface area contributed by atoms with E-state index in [0.717, 1.165) is 12.8 Å². The van der Waals surface area contributed by atoms with E-state index in [0.29, 0.717) is 12.8 Å². The van der Waals surface area contributed by atoms with Gasteiger partial charge in [0.1, 0.15) is 5.78 Å². The normalized spacial score (nSPS) is 22.9. The van der Waals surface area contributed by atoms with Crippen molar-refractivity contribution in [2.24, 2.45) is 11.8 Å². The molecule has 0 spiro atoms. The number of ether oxygens (including phenoxy) is 2. The minimum absolute atomic E-state index is 0.0493. The first-order valence-corrected chi connectivity index (χ1v) is 6.25. The zero-order valence-corrected chi connectivity index (χ0v) is 10.9. The first-order chi connectivity index (χ1) is 8.58. The first-order valence-electron chi connectivity index (χ1n) is 6.25. The van der Waals surface area contributed by atoms with Gasteiger partial charge in [0, 0.05) is 24.7 Å². The van der Waals surface area contributed by atoms with Crippen molar-refractivity contribution in [3.05, 3.63) is 0 Å². The van der Waals surface area contributed by atoms with Crippen molar-refractivity contribution in [2.45, 2.75) is 38.5 Å². The Morgan fingerprint density at radius 2 is 1.39 bits per heavy atom. The molecule has 5 heteroatoms. The molecule has 1 saturated carbocycles. The van der Waals surface area contributed by atoms with Crippen LogP contribution in [0.3, 0.4) is 0 Å². The van der Waals surface area contributed by atoms with E-state index in [1.54, 1.807) is 0 Å². The minimum Gasteiger partial charge on any atom is -0.469 e. The smallest absolute Gasteiger partial charge is 0.305 e. The summed E-state index contributed by atoms with van der Waals surface area (Å²) in [6.45, 7) is 0. The highest BCUT2D eigenvalue weighted by atomic mass is 16.5. The summed E-state index contributed by atoms with van der Waals surface area (Å²) in [5, 5.41) is 0. The molecule has 0 bridgehead atoms. The van der Waals surface area contributed by atoms with Crippen molar-refractivity contribution >= 4 is 17.7 Å². The fourth-order valence-corrected chi connectivity index (χ4v) is 2.38. The van der Waals surface area contributed by atoms with Crippen LogP contribution in [0.1, 0.15) is 38.5 Å². The number of Topliss-reactive ketones (excluding diaryl/α,β-unsaturated/α-hetero) is 1. The van der Waals surface area contributed by atoms with E-state index >= 15 is 0 Å². The molecule has 0 aromatic carbocycles. The topological polar surface area (TPSA) is 69.7 Å². The van der Waals surface area contributed by atoms with Crippen LogP contribution in [0.4, 0.5) is 0 Å². The molecule has 0 aromatic heterocycles. The molecular formula is C13H20O5. The Balaban J connectivity index is 2.32. The van der Waals surface area contributed by atoms with E-state index in [2.05, 4.69) is 9.47 Å². The fourth-order valence-electron chi connectivity index (χ4n) is 2.38. The van der Waals surface area contributed by atoms with Gasteiger partial charge in [0.25, 0.3) is 0 Å². The molecule has 0 aliphatic heterocycles. The third-order valence-electron chi connectivity index (χ3n) is 3.52. The molecule has 1 aliphatic rings. The summed E-state index contributed by atoms with van der Waals surface area (Å²) < 4.78 is 9.11. The number of hydrogen-bond donors (Lipinski definition) is 0. The summed E-state index contributed by atoms with van der Waals surface area (Å²) in [6.07, 6.45) is 3.30. The lowest BCUT2D eigenvalue weighted by Crippen LogP contribution is -2.16. The lowest BCUT2D eigenvalue weighted by molar-refractivity contribution is -0.141. The molecular weight excluding hydrogens is 236 g/mol. The van der Waals surface area contributed by atoms with Gasteiger partial charge in [-0.05, 0) is 25.7 Å². The SMILES string of the molecule is COC(=O)CC[C@@H]1CC[C@@H](CCC(=O)OC)C1=O. The van der Waals surface area contributed by atoms with Crippen LogP contribution < -0.4 is 0 Å². The van der Waals surface area contributed by atoms with E-state index < -0.39 is 0 Å². The Labute approximate surface area is 107 Å². The molecule has 5 nitrogen and oxygen atoms in total. The van der Waals surface area contributed by atoms with Crippen molar-refractivity contribution in [1.82, 2.24) is 0 Å². The van der Waals surface area contributed by atoms with E-state index in [4.69, 9.17) is 0 Å². The highest BCUT2D eigenvalue weighted by Gasteiger charge is 2.34. The van der Waals surface area contributed by atoms with Crippen LogP contribution in [-0.2, 0) is 23.9 Å². The summed E-state index contributed by atoms with van der Waals surface area (Å²) in [7, 11) is 2.69. The molecule has 0 aromatic rings. The van der Waals surface area contributed by atoms with Gasteiger partial charge >= 0.3 is 11.9 Å². The summed E-state index contributed by atoms with van der Waals surface area (Å²) in [6, 6.07) is 0. The summed E-state index contributed by atoms with van der Waals surface area (Å²) in [4.78, 5) is 34.0. The van der Waals surface area contributed by atoms with Crippen LogP contribution in [0.5, 0.6) is 0 Å². The quantitative estimate of drug-likeness (QED) is 0.673. The maximum absolute atomic E-state index is 12.0. The average molecular weight is 256 g/mol. The molecule has 0 saturated heterocycles. The van der Waals surface area contributed by atoms with Gasteiger partial charge in [-0.2, -0.15) is 0 Å². The van der Waals surface area contributed by atoms with Gasteiger partial charge in [0.2, 0.25) is 0 Å². The van der Waals surface area contributed by atoms with Crippen molar-refractivity contribution in [2.75, 3.05) is 14.2 Å². The van der Waals surface area contributed by atoms with Gasteiger partial charge in [-0.25, -0.2) is 0 Å². The van der Waals surface area contributed by atoms with E-state index in [1.807, 2.05) is 0 Å².